The van der Waals surface area contributed by atoms with Crippen molar-refractivity contribution in [2.45, 2.75) is 20.3 Å². The Labute approximate surface area is 135 Å². The van der Waals surface area contributed by atoms with Crippen LogP contribution >= 0.6 is 0 Å². The second kappa shape index (κ2) is 8.14. The number of pyridine rings is 1. The number of amides is 1. The highest BCUT2D eigenvalue weighted by atomic mass is 16.5. The molecule has 0 aliphatic carbocycles. The van der Waals surface area contributed by atoms with Gasteiger partial charge in [-0.1, -0.05) is 13.0 Å². The van der Waals surface area contributed by atoms with Gasteiger partial charge in [-0.25, -0.2) is 10.5 Å². The van der Waals surface area contributed by atoms with E-state index in [0.29, 0.717) is 12.2 Å². The Kier molecular flexibility index (Phi) is 5.94. The largest absolute Gasteiger partial charge is 0.494 e. The Hall–Kier alpha value is -2.60. The zero-order valence-corrected chi connectivity index (χ0v) is 13.3. The van der Waals surface area contributed by atoms with Crippen molar-refractivity contribution in [3.8, 4) is 5.75 Å². The predicted octanol–water partition coefficient (Wildman–Crippen LogP) is 3.15. The number of aromatic nitrogens is 1. The van der Waals surface area contributed by atoms with Crippen molar-refractivity contribution in [3.63, 3.8) is 0 Å². The Balaban J connectivity index is 2.23. The molecule has 1 aromatic carbocycles. The van der Waals surface area contributed by atoms with E-state index in [1.165, 1.54) is 6.20 Å². The number of carbonyl (C=O) groups is 1. The van der Waals surface area contributed by atoms with E-state index in [4.69, 9.17) is 9.94 Å². The summed E-state index contributed by atoms with van der Waals surface area (Å²) in [5.74, 6) is 0.954. The Bertz CT molecular complexity index is 644. The van der Waals surface area contributed by atoms with Crippen LogP contribution < -0.4 is 15.1 Å². The van der Waals surface area contributed by atoms with Crippen LogP contribution in [-0.4, -0.2) is 29.3 Å². The molecule has 0 spiro atoms. The molecule has 0 unspecified atom stereocenters. The van der Waals surface area contributed by atoms with Crippen molar-refractivity contribution >= 4 is 17.4 Å². The summed E-state index contributed by atoms with van der Waals surface area (Å²) in [7, 11) is 0. The minimum atomic E-state index is -0.581. The van der Waals surface area contributed by atoms with E-state index in [1.54, 1.807) is 17.6 Å². The zero-order valence-electron chi connectivity index (χ0n) is 13.3. The van der Waals surface area contributed by atoms with E-state index in [1.807, 2.05) is 36.1 Å². The van der Waals surface area contributed by atoms with Gasteiger partial charge in [-0.15, -0.1) is 0 Å². The number of nitrogens with zero attached hydrogens (tertiary/aromatic N) is 2. The monoisotopic (exact) mass is 315 g/mol. The average molecular weight is 315 g/mol. The molecule has 0 bridgehead atoms. The van der Waals surface area contributed by atoms with Gasteiger partial charge >= 0.3 is 0 Å². The van der Waals surface area contributed by atoms with Gasteiger partial charge in [0, 0.05) is 24.5 Å². The summed E-state index contributed by atoms with van der Waals surface area (Å²) in [6.45, 7) is 5.49. The number of nitrogens with one attached hydrogen (secondary N) is 1. The number of hydroxylamine groups is 1. The first-order chi connectivity index (χ1) is 11.2. The summed E-state index contributed by atoms with van der Waals surface area (Å²) >= 11 is 0. The third-order valence-corrected chi connectivity index (χ3v) is 3.31. The first-order valence-corrected chi connectivity index (χ1v) is 7.60. The third kappa shape index (κ3) is 4.20. The fraction of sp³-hybridized carbons (Fsp3) is 0.294. The Morgan fingerprint density at radius 3 is 2.74 bits per heavy atom. The molecule has 0 aliphatic rings. The molecular formula is C17H21N3O3. The molecule has 1 aromatic heterocycles. The molecule has 0 fully saturated rings. The number of carbonyl (C=O) groups excluding carboxylic acids is 1. The van der Waals surface area contributed by atoms with Crippen LogP contribution in [0.2, 0.25) is 0 Å². The van der Waals surface area contributed by atoms with E-state index in [2.05, 4.69) is 11.9 Å². The second-order valence-corrected chi connectivity index (χ2v) is 4.94. The lowest BCUT2D eigenvalue weighted by Crippen LogP contribution is -2.20. The molecule has 1 heterocycles. The van der Waals surface area contributed by atoms with Crippen LogP contribution in [0.4, 0.5) is 11.5 Å². The SMILES string of the molecule is CCCOc1cccc(N(CC)c2ccc(C(=O)NO)cn2)c1. The van der Waals surface area contributed by atoms with Crippen molar-refractivity contribution in [2.24, 2.45) is 0 Å². The standard InChI is InChI=1S/C17H21N3O3/c1-3-10-23-15-7-5-6-14(11-15)20(4-2)16-9-8-13(12-18-16)17(21)19-22/h5-9,11-12,22H,3-4,10H2,1-2H3,(H,19,21). The van der Waals surface area contributed by atoms with E-state index in [-0.39, 0.29) is 0 Å². The normalized spacial score (nSPS) is 10.2. The van der Waals surface area contributed by atoms with Crippen LogP contribution in [-0.2, 0) is 0 Å². The molecule has 2 rings (SSSR count). The summed E-state index contributed by atoms with van der Waals surface area (Å²) < 4.78 is 5.66. The number of anilines is 2. The summed E-state index contributed by atoms with van der Waals surface area (Å²) in [5.41, 5.74) is 2.86. The van der Waals surface area contributed by atoms with Crippen LogP contribution in [0, 0.1) is 0 Å². The summed E-state index contributed by atoms with van der Waals surface area (Å²) in [6, 6.07) is 11.2. The topological polar surface area (TPSA) is 74.7 Å². The quantitative estimate of drug-likeness (QED) is 0.606. The molecule has 0 aliphatic heterocycles. The molecule has 6 nitrogen and oxygen atoms in total. The van der Waals surface area contributed by atoms with Gasteiger partial charge < -0.3 is 9.64 Å². The van der Waals surface area contributed by atoms with Gasteiger partial charge in [0.25, 0.3) is 5.91 Å². The van der Waals surface area contributed by atoms with E-state index in [0.717, 1.165) is 30.2 Å². The lowest BCUT2D eigenvalue weighted by molar-refractivity contribution is 0.0706. The lowest BCUT2D eigenvalue weighted by atomic mass is 10.2. The van der Waals surface area contributed by atoms with Gasteiger partial charge in [0.1, 0.15) is 11.6 Å². The molecule has 0 radical (unpaired) electrons. The second-order valence-electron chi connectivity index (χ2n) is 4.94. The highest BCUT2D eigenvalue weighted by Crippen LogP contribution is 2.27. The number of rotatable bonds is 7. The van der Waals surface area contributed by atoms with Gasteiger partial charge in [-0.05, 0) is 37.6 Å². The van der Waals surface area contributed by atoms with Crippen molar-refractivity contribution < 1.29 is 14.7 Å². The molecule has 2 aromatic rings. The highest BCUT2D eigenvalue weighted by Gasteiger charge is 2.11. The van der Waals surface area contributed by atoms with Crippen molar-refractivity contribution in [3.05, 3.63) is 48.2 Å². The maximum atomic E-state index is 11.3. The first kappa shape index (κ1) is 16.8. The van der Waals surface area contributed by atoms with Gasteiger partial charge in [-0.2, -0.15) is 0 Å². The molecule has 2 N–H and O–H groups in total. The molecule has 0 saturated heterocycles. The number of hydrogen-bond acceptors (Lipinski definition) is 5. The fourth-order valence-corrected chi connectivity index (χ4v) is 2.18. The lowest BCUT2D eigenvalue weighted by Gasteiger charge is -2.22. The van der Waals surface area contributed by atoms with Crippen molar-refractivity contribution in [1.29, 1.82) is 0 Å². The van der Waals surface area contributed by atoms with Gasteiger partial charge in [0.05, 0.1) is 12.2 Å². The van der Waals surface area contributed by atoms with Gasteiger partial charge in [-0.3, -0.25) is 10.0 Å². The van der Waals surface area contributed by atoms with E-state index < -0.39 is 5.91 Å². The summed E-state index contributed by atoms with van der Waals surface area (Å²) in [6.07, 6.45) is 2.39. The van der Waals surface area contributed by atoms with Gasteiger partial charge in [0.15, 0.2) is 0 Å². The highest BCUT2D eigenvalue weighted by molar-refractivity contribution is 5.93. The van der Waals surface area contributed by atoms with Crippen LogP contribution in [0.1, 0.15) is 30.6 Å². The molecular weight excluding hydrogens is 294 g/mol. The summed E-state index contributed by atoms with van der Waals surface area (Å²) in [4.78, 5) is 17.7. The minimum Gasteiger partial charge on any atom is -0.494 e. The van der Waals surface area contributed by atoms with Crippen molar-refractivity contribution in [1.82, 2.24) is 10.5 Å². The van der Waals surface area contributed by atoms with E-state index in [9.17, 15) is 4.79 Å². The Morgan fingerprint density at radius 1 is 1.30 bits per heavy atom. The molecule has 0 atom stereocenters. The predicted molar refractivity (Wildman–Crippen MR) is 88.4 cm³/mol. The summed E-state index contributed by atoms with van der Waals surface area (Å²) in [5, 5.41) is 8.64. The number of ether oxygens (including phenoxy) is 1. The first-order valence-electron chi connectivity index (χ1n) is 7.60. The molecule has 1 amide bonds. The van der Waals surface area contributed by atoms with Crippen LogP contribution in [0.15, 0.2) is 42.6 Å². The minimum absolute atomic E-state index is 0.298. The smallest absolute Gasteiger partial charge is 0.276 e. The maximum Gasteiger partial charge on any atom is 0.276 e. The molecule has 122 valence electrons. The fourth-order valence-electron chi connectivity index (χ4n) is 2.18. The number of benzene rings is 1. The average Bonchev–Trinajstić information content (AvgIpc) is 2.61. The van der Waals surface area contributed by atoms with Crippen LogP contribution in [0.25, 0.3) is 0 Å². The van der Waals surface area contributed by atoms with Crippen molar-refractivity contribution in [2.75, 3.05) is 18.1 Å². The number of hydrogen-bond donors (Lipinski definition) is 2. The molecule has 0 saturated carbocycles. The zero-order chi connectivity index (χ0) is 16.7. The van der Waals surface area contributed by atoms with E-state index >= 15 is 0 Å². The third-order valence-electron chi connectivity index (χ3n) is 3.31. The molecule has 6 heteroatoms. The van der Waals surface area contributed by atoms with Crippen LogP contribution in [0.5, 0.6) is 5.75 Å². The van der Waals surface area contributed by atoms with Gasteiger partial charge in [0.2, 0.25) is 0 Å². The Morgan fingerprint density at radius 2 is 2.13 bits per heavy atom. The molecule has 23 heavy (non-hydrogen) atoms. The maximum absolute atomic E-state index is 11.3. The van der Waals surface area contributed by atoms with Crippen LogP contribution in [0.3, 0.4) is 0 Å².